The van der Waals surface area contributed by atoms with Crippen LogP contribution in [0.2, 0.25) is 0 Å². The van der Waals surface area contributed by atoms with Crippen molar-refractivity contribution in [3.63, 3.8) is 0 Å². The van der Waals surface area contributed by atoms with Gasteiger partial charge in [-0.25, -0.2) is 5.10 Å². The van der Waals surface area contributed by atoms with Crippen molar-refractivity contribution < 1.29 is 9.32 Å². The molecule has 1 saturated heterocycles. The van der Waals surface area contributed by atoms with Crippen molar-refractivity contribution in [3.8, 4) is 0 Å². The fraction of sp³-hybridized carbons (Fsp3) is 0.556. The summed E-state index contributed by atoms with van der Waals surface area (Å²) in [6.45, 7) is 1.38. The number of nitrogens with one attached hydrogen (secondary N) is 2. The number of anilines is 1. The lowest BCUT2D eigenvalue weighted by Gasteiger charge is -2.36. The molecule has 8 nitrogen and oxygen atoms in total. The highest BCUT2D eigenvalue weighted by Crippen LogP contribution is 2.25. The average Bonchev–Trinajstić information content (AvgIpc) is 3.11. The van der Waals surface area contributed by atoms with Crippen LogP contribution in [-0.4, -0.2) is 40.4 Å². The van der Waals surface area contributed by atoms with Crippen LogP contribution in [-0.2, 0) is 12.8 Å². The average molecular weight is 357 g/mol. The highest BCUT2D eigenvalue weighted by atomic mass is 16.5. The second kappa shape index (κ2) is 7.31. The Kier molecular flexibility index (Phi) is 4.73. The summed E-state index contributed by atoms with van der Waals surface area (Å²) in [5, 5.41) is 13.6. The van der Waals surface area contributed by atoms with Crippen LogP contribution in [0.1, 0.15) is 53.9 Å². The van der Waals surface area contributed by atoms with E-state index in [1.54, 1.807) is 6.07 Å². The zero-order valence-corrected chi connectivity index (χ0v) is 14.7. The number of carbonyl (C=O) groups excluding carboxylic acids is 1. The van der Waals surface area contributed by atoms with Gasteiger partial charge in [-0.05, 0) is 44.6 Å². The Morgan fingerprint density at radius 2 is 2.15 bits per heavy atom. The van der Waals surface area contributed by atoms with E-state index in [0.29, 0.717) is 12.2 Å². The number of hydrogen-bond donors (Lipinski definition) is 2. The quantitative estimate of drug-likeness (QED) is 0.858. The highest BCUT2D eigenvalue weighted by Gasteiger charge is 2.27. The summed E-state index contributed by atoms with van der Waals surface area (Å²) in [6, 6.07) is 3.36. The van der Waals surface area contributed by atoms with Gasteiger partial charge in [-0.2, -0.15) is 5.10 Å². The van der Waals surface area contributed by atoms with Gasteiger partial charge in [0, 0.05) is 37.2 Å². The number of H-pyrrole nitrogens is 1. The molecule has 0 aromatic carbocycles. The van der Waals surface area contributed by atoms with Crippen molar-refractivity contribution >= 4 is 11.7 Å². The first-order valence-electron chi connectivity index (χ1n) is 9.30. The van der Waals surface area contributed by atoms with Crippen molar-refractivity contribution in [1.82, 2.24) is 20.7 Å². The zero-order chi connectivity index (χ0) is 17.9. The summed E-state index contributed by atoms with van der Waals surface area (Å²) < 4.78 is 5.34. The maximum atomic E-state index is 12.6. The molecule has 1 unspecified atom stereocenters. The summed E-state index contributed by atoms with van der Waals surface area (Å²) in [7, 11) is 0. The lowest BCUT2D eigenvalue weighted by Crippen LogP contribution is -2.47. The Balaban J connectivity index is 1.43. The number of aromatic nitrogens is 3. The van der Waals surface area contributed by atoms with Crippen LogP contribution in [0, 0.1) is 0 Å². The van der Waals surface area contributed by atoms with Crippen LogP contribution in [0.25, 0.3) is 0 Å². The van der Waals surface area contributed by atoms with Gasteiger partial charge in [0.1, 0.15) is 11.6 Å². The van der Waals surface area contributed by atoms with Crippen molar-refractivity contribution in [3.05, 3.63) is 39.5 Å². The molecule has 1 fully saturated rings. The van der Waals surface area contributed by atoms with E-state index in [1.807, 2.05) is 0 Å². The maximum Gasteiger partial charge on any atom is 0.273 e. The van der Waals surface area contributed by atoms with E-state index in [9.17, 15) is 9.59 Å². The van der Waals surface area contributed by atoms with Gasteiger partial charge in [-0.15, -0.1) is 0 Å². The van der Waals surface area contributed by atoms with Crippen molar-refractivity contribution in [2.24, 2.45) is 0 Å². The predicted octanol–water partition coefficient (Wildman–Crippen LogP) is 1.43. The lowest BCUT2D eigenvalue weighted by atomic mass is 9.96. The summed E-state index contributed by atoms with van der Waals surface area (Å²) in [5.41, 5.74) is 1.19. The van der Waals surface area contributed by atoms with Gasteiger partial charge in [0.2, 0.25) is 0 Å². The number of amides is 1. The fourth-order valence-corrected chi connectivity index (χ4v) is 3.87. The van der Waals surface area contributed by atoms with E-state index in [2.05, 4.69) is 25.6 Å². The molecule has 0 saturated carbocycles. The Bertz CT molecular complexity index is 823. The third kappa shape index (κ3) is 3.36. The summed E-state index contributed by atoms with van der Waals surface area (Å²) >= 11 is 0. The standard InChI is InChI=1S/C18H23N5O3/c24-16-9-8-15(20-21-16)23-10-4-3-5-12(23)11-19-18(25)17-13-6-1-2-7-14(13)26-22-17/h8-9,12H,1-7,10-11H2,(H,19,25)(H,21,24). The zero-order valence-electron chi connectivity index (χ0n) is 14.7. The topological polar surface area (TPSA) is 104 Å². The van der Waals surface area contributed by atoms with Crippen LogP contribution in [0.5, 0.6) is 0 Å². The number of carbonyl (C=O) groups is 1. The molecule has 8 heteroatoms. The van der Waals surface area contributed by atoms with Crippen molar-refractivity contribution in [2.75, 3.05) is 18.0 Å². The van der Waals surface area contributed by atoms with E-state index >= 15 is 0 Å². The summed E-state index contributed by atoms with van der Waals surface area (Å²) in [5.74, 6) is 1.43. The Hall–Kier alpha value is -2.64. The van der Waals surface area contributed by atoms with Gasteiger partial charge in [-0.1, -0.05) is 5.16 Å². The van der Waals surface area contributed by atoms with E-state index in [0.717, 1.165) is 68.6 Å². The van der Waals surface area contributed by atoms with E-state index < -0.39 is 0 Å². The van der Waals surface area contributed by atoms with Gasteiger partial charge >= 0.3 is 0 Å². The van der Waals surface area contributed by atoms with Gasteiger partial charge in [-0.3, -0.25) is 9.59 Å². The van der Waals surface area contributed by atoms with Gasteiger partial charge < -0.3 is 14.7 Å². The van der Waals surface area contributed by atoms with Crippen LogP contribution >= 0.6 is 0 Å². The molecule has 0 bridgehead atoms. The van der Waals surface area contributed by atoms with Gasteiger partial charge in [0.05, 0.1) is 0 Å². The lowest BCUT2D eigenvalue weighted by molar-refractivity contribution is 0.0939. The number of nitrogens with zero attached hydrogens (tertiary/aromatic N) is 3. The van der Waals surface area contributed by atoms with E-state index in [1.165, 1.54) is 6.07 Å². The normalized spacial score (nSPS) is 19.8. The molecule has 1 amide bonds. The molecular weight excluding hydrogens is 334 g/mol. The number of rotatable bonds is 4. The third-order valence-corrected chi connectivity index (χ3v) is 5.25. The van der Waals surface area contributed by atoms with Crippen molar-refractivity contribution in [2.45, 2.75) is 51.0 Å². The molecule has 2 aliphatic rings. The number of piperidine rings is 1. The highest BCUT2D eigenvalue weighted by molar-refractivity contribution is 5.93. The Labute approximate surface area is 150 Å². The van der Waals surface area contributed by atoms with E-state index in [-0.39, 0.29) is 17.5 Å². The summed E-state index contributed by atoms with van der Waals surface area (Å²) in [6.07, 6.45) is 7.04. The maximum absolute atomic E-state index is 12.6. The molecule has 4 rings (SSSR count). The second-order valence-electron chi connectivity index (χ2n) is 6.97. The smallest absolute Gasteiger partial charge is 0.273 e. The minimum Gasteiger partial charge on any atom is -0.360 e. The minimum atomic E-state index is -0.216. The first-order chi connectivity index (χ1) is 12.7. The molecule has 3 heterocycles. The largest absolute Gasteiger partial charge is 0.360 e. The molecule has 0 spiro atoms. The minimum absolute atomic E-state index is 0.147. The van der Waals surface area contributed by atoms with Crippen LogP contribution in [0.15, 0.2) is 21.5 Å². The van der Waals surface area contributed by atoms with Gasteiger partial charge in [0.15, 0.2) is 5.69 Å². The summed E-state index contributed by atoms with van der Waals surface area (Å²) in [4.78, 5) is 26.0. The third-order valence-electron chi connectivity index (χ3n) is 5.25. The van der Waals surface area contributed by atoms with E-state index in [4.69, 9.17) is 4.52 Å². The van der Waals surface area contributed by atoms with Crippen LogP contribution < -0.4 is 15.8 Å². The molecule has 1 aliphatic heterocycles. The molecule has 1 aliphatic carbocycles. The number of fused-ring (bicyclic) bond motifs is 1. The number of hydrogen-bond acceptors (Lipinski definition) is 6. The predicted molar refractivity (Wildman–Crippen MR) is 95.3 cm³/mol. The molecule has 1 atom stereocenters. The monoisotopic (exact) mass is 357 g/mol. The Morgan fingerprint density at radius 1 is 1.27 bits per heavy atom. The number of aryl methyl sites for hydroxylation is 1. The molecule has 2 N–H and O–H groups in total. The first-order valence-corrected chi connectivity index (χ1v) is 9.30. The molecule has 2 aromatic heterocycles. The molecular formula is C18H23N5O3. The number of aromatic amines is 1. The Morgan fingerprint density at radius 3 is 3.00 bits per heavy atom. The molecule has 26 heavy (non-hydrogen) atoms. The van der Waals surface area contributed by atoms with Gasteiger partial charge in [0.25, 0.3) is 11.5 Å². The first kappa shape index (κ1) is 16.8. The second-order valence-corrected chi connectivity index (χ2v) is 6.97. The van der Waals surface area contributed by atoms with Crippen molar-refractivity contribution in [1.29, 1.82) is 0 Å². The molecule has 2 aromatic rings. The van der Waals surface area contributed by atoms with Crippen LogP contribution in [0.3, 0.4) is 0 Å². The fourth-order valence-electron chi connectivity index (χ4n) is 3.87. The molecule has 0 radical (unpaired) electrons. The SMILES string of the molecule is O=C(NCC1CCCCN1c1ccc(=O)[nH]n1)c1noc2c1CCCC2. The van der Waals surface area contributed by atoms with Crippen LogP contribution in [0.4, 0.5) is 5.82 Å². The molecule has 138 valence electrons.